The van der Waals surface area contributed by atoms with Crippen LogP contribution in [0.25, 0.3) is 22.2 Å². The minimum absolute atomic E-state index is 0.0327. The molecule has 0 radical (unpaired) electrons. The third-order valence-electron chi connectivity index (χ3n) is 9.20. The molecule has 1 aliphatic heterocycles. The van der Waals surface area contributed by atoms with Gasteiger partial charge in [-0.2, -0.15) is 0 Å². The largest absolute Gasteiger partial charge is 0.480 e. The average molecular weight is 610 g/mol. The van der Waals surface area contributed by atoms with Gasteiger partial charge in [-0.1, -0.05) is 44.0 Å². The van der Waals surface area contributed by atoms with Gasteiger partial charge in [0.05, 0.1) is 36.1 Å². The highest BCUT2D eigenvalue weighted by Gasteiger charge is 2.49. The van der Waals surface area contributed by atoms with Crippen LogP contribution in [0.1, 0.15) is 99.1 Å². The normalized spacial score (nSPS) is 19.7. The van der Waals surface area contributed by atoms with Gasteiger partial charge in [0.1, 0.15) is 17.2 Å². The Morgan fingerprint density at radius 3 is 2.73 bits per heavy atom. The van der Waals surface area contributed by atoms with Crippen molar-refractivity contribution in [2.45, 2.75) is 82.8 Å². The maximum atomic E-state index is 13.7. The maximum Gasteiger partial charge on any atom is 0.358 e. The maximum absolute atomic E-state index is 13.7. The van der Waals surface area contributed by atoms with E-state index in [1.165, 1.54) is 0 Å². The number of aromatic amines is 1. The smallest absolute Gasteiger partial charge is 0.358 e. The van der Waals surface area contributed by atoms with Crippen LogP contribution in [0.4, 0.5) is 0 Å². The van der Waals surface area contributed by atoms with E-state index in [-0.39, 0.29) is 29.6 Å². The second-order valence-electron chi connectivity index (χ2n) is 12.0. The number of Topliss-reactive ketones (excluding diaryl/α,β-unsaturated/α-hetero) is 1. The number of rotatable bonds is 12. The van der Waals surface area contributed by atoms with Crippen molar-refractivity contribution in [1.29, 1.82) is 0 Å². The van der Waals surface area contributed by atoms with Crippen LogP contribution in [-0.4, -0.2) is 44.7 Å². The zero-order valence-corrected chi connectivity index (χ0v) is 25.8. The van der Waals surface area contributed by atoms with E-state index in [2.05, 4.69) is 20.3 Å². The molecule has 10 heteroatoms. The number of pyridine rings is 2. The van der Waals surface area contributed by atoms with Gasteiger partial charge in [0.15, 0.2) is 5.69 Å². The number of carbonyl (C=O) groups excluding carboxylic acids is 3. The van der Waals surface area contributed by atoms with Gasteiger partial charge in [0.25, 0.3) is 0 Å². The monoisotopic (exact) mass is 609 g/mol. The summed E-state index contributed by atoms with van der Waals surface area (Å²) in [5.74, 6) is 0.797. The van der Waals surface area contributed by atoms with Crippen molar-refractivity contribution in [3.05, 3.63) is 71.9 Å². The molecular weight excluding hydrogens is 570 g/mol. The number of hydrogen-bond donors (Lipinski definition) is 2. The number of nitrogens with zero attached hydrogens (tertiary/aromatic N) is 3. The predicted molar refractivity (Wildman–Crippen MR) is 168 cm³/mol. The van der Waals surface area contributed by atoms with Crippen LogP contribution in [0.3, 0.4) is 0 Å². The van der Waals surface area contributed by atoms with E-state index in [4.69, 9.17) is 14.5 Å². The molecule has 0 saturated heterocycles. The third-order valence-corrected chi connectivity index (χ3v) is 9.20. The van der Waals surface area contributed by atoms with Gasteiger partial charge in [-0.25, -0.2) is 19.7 Å². The number of esters is 1. The zero-order chi connectivity index (χ0) is 31.4. The first-order chi connectivity index (χ1) is 21.9. The number of aromatic nitrogens is 4. The van der Waals surface area contributed by atoms with Crippen LogP contribution in [0.5, 0.6) is 5.88 Å². The summed E-state index contributed by atoms with van der Waals surface area (Å²) >= 11 is 0. The Morgan fingerprint density at radius 1 is 1.11 bits per heavy atom. The molecule has 1 aliphatic carbocycles. The lowest BCUT2D eigenvalue weighted by Crippen LogP contribution is -2.40. The number of fused-ring (bicyclic) bond motifs is 3. The Labute approximate surface area is 262 Å². The number of amides is 1. The minimum Gasteiger partial charge on any atom is -0.480 e. The van der Waals surface area contributed by atoms with Crippen molar-refractivity contribution in [2.24, 2.45) is 5.92 Å². The fourth-order valence-corrected chi connectivity index (χ4v) is 6.62. The molecule has 1 aromatic carbocycles. The van der Waals surface area contributed by atoms with Gasteiger partial charge >= 0.3 is 5.97 Å². The Bertz CT molecular complexity index is 1710. The summed E-state index contributed by atoms with van der Waals surface area (Å²) in [6.45, 7) is 1.89. The molecule has 4 heterocycles. The SMILES string of the molecule is CCC(=O)CCCCC[C@H](NC(=O)[C@H]1CC[C@]2(CC1)OC(=O)c1ncccc12)c1ncc(-c2cc3ccccc3nc2OC)[nH]1. The number of hydrogen-bond acceptors (Lipinski definition) is 8. The van der Waals surface area contributed by atoms with Gasteiger partial charge in [-0.3, -0.25) is 9.59 Å². The van der Waals surface area contributed by atoms with Gasteiger partial charge in [0, 0.05) is 35.9 Å². The lowest BCUT2D eigenvalue weighted by molar-refractivity contribution is -0.129. The molecule has 6 rings (SSSR count). The van der Waals surface area contributed by atoms with Crippen LogP contribution < -0.4 is 10.1 Å². The van der Waals surface area contributed by atoms with Gasteiger partial charge in [-0.15, -0.1) is 0 Å². The third kappa shape index (κ3) is 6.32. The van der Waals surface area contributed by atoms with Crippen LogP contribution in [-0.2, 0) is 19.9 Å². The molecule has 0 unspecified atom stereocenters. The molecule has 1 saturated carbocycles. The molecule has 2 N–H and O–H groups in total. The summed E-state index contributed by atoms with van der Waals surface area (Å²) in [7, 11) is 1.60. The number of nitrogens with one attached hydrogen (secondary N) is 2. The van der Waals surface area contributed by atoms with Crippen LogP contribution >= 0.6 is 0 Å². The molecule has 0 bridgehead atoms. The fourth-order valence-electron chi connectivity index (χ4n) is 6.62. The molecule has 1 amide bonds. The second-order valence-corrected chi connectivity index (χ2v) is 12.0. The standard InChI is InChI=1S/C35H39N5O5/c1-3-24(41)11-5-4-6-14-28(31-37-21-29(38-31)25-20-23-10-7-8-13-27(23)40-33(25)44-2)39-32(42)22-15-17-35(18-16-22)26-12-9-19-36-30(26)34(43)45-35/h7-10,12-13,19-22,28H,3-6,11,14-18H2,1-2H3,(H,37,38)(H,39,42)/t22-,28-,35+/m0/s1. The number of para-hydroxylation sites is 1. The van der Waals surface area contributed by atoms with Crippen molar-refractivity contribution < 1.29 is 23.9 Å². The molecule has 4 aromatic rings. The lowest BCUT2D eigenvalue weighted by Gasteiger charge is -2.36. The summed E-state index contributed by atoms with van der Waals surface area (Å²) < 4.78 is 11.5. The molecule has 45 heavy (non-hydrogen) atoms. The molecule has 234 valence electrons. The van der Waals surface area contributed by atoms with Gasteiger partial charge in [-0.05, 0) is 56.7 Å². The molecule has 1 fully saturated rings. The number of imidazole rings is 1. The van der Waals surface area contributed by atoms with Gasteiger partial charge < -0.3 is 19.8 Å². The zero-order valence-electron chi connectivity index (χ0n) is 25.8. The highest BCUT2D eigenvalue weighted by molar-refractivity contribution is 5.92. The van der Waals surface area contributed by atoms with E-state index >= 15 is 0 Å². The van der Waals surface area contributed by atoms with Crippen molar-refractivity contribution >= 4 is 28.6 Å². The summed E-state index contributed by atoms with van der Waals surface area (Å²) in [6.07, 6.45) is 10.1. The van der Waals surface area contributed by atoms with E-state index in [1.807, 2.05) is 49.4 Å². The number of methoxy groups -OCH3 is 1. The molecule has 3 aromatic heterocycles. The quantitative estimate of drug-likeness (QED) is 0.140. The van der Waals surface area contributed by atoms with E-state index in [0.29, 0.717) is 62.3 Å². The first-order valence-electron chi connectivity index (χ1n) is 15.9. The Kier molecular flexibility index (Phi) is 8.91. The Morgan fingerprint density at radius 2 is 1.93 bits per heavy atom. The van der Waals surface area contributed by atoms with Crippen molar-refractivity contribution in [3.8, 4) is 17.1 Å². The Hall–Kier alpha value is -4.60. The summed E-state index contributed by atoms with van der Waals surface area (Å²) in [6, 6.07) is 13.3. The van der Waals surface area contributed by atoms with Crippen molar-refractivity contribution in [1.82, 2.24) is 25.3 Å². The van der Waals surface area contributed by atoms with Crippen molar-refractivity contribution in [3.63, 3.8) is 0 Å². The minimum atomic E-state index is -0.699. The van der Waals surface area contributed by atoms with Crippen LogP contribution in [0.15, 0.2) is 54.9 Å². The molecule has 1 spiro atoms. The molecule has 1 atom stereocenters. The number of ketones is 1. The lowest BCUT2D eigenvalue weighted by atomic mass is 9.75. The molecule has 10 nitrogen and oxygen atoms in total. The van der Waals surface area contributed by atoms with Crippen LogP contribution in [0.2, 0.25) is 0 Å². The summed E-state index contributed by atoms with van der Waals surface area (Å²) in [5.41, 5.74) is 2.89. The number of carbonyl (C=O) groups is 3. The highest BCUT2D eigenvalue weighted by atomic mass is 16.6. The summed E-state index contributed by atoms with van der Waals surface area (Å²) in [5, 5.41) is 4.26. The van der Waals surface area contributed by atoms with E-state index in [1.54, 1.807) is 19.5 Å². The Balaban J connectivity index is 1.17. The first-order valence-corrected chi connectivity index (χ1v) is 15.9. The number of unbranched alkanes of at least 4 members (excludes halogenated alkanes) is 2. The highest BCUT2D eigenvalue weighted by Crippen LogP contribution is 2.47. The van der Waals surface area contributed by atoms with Gasteiger partial charge in [0.2, 0.25) is 11.8 Å². The fraction of sp³-hybridized carbons (Fsp3) is 0.429. The average Bonchev–Trinajstić information content (AvgIpc) is 3.66. The molecule has 2 aliphatic rings. The first kappa shape index (κ1) is 30.4. The molecular formula is C35H39N5O5. The number of ether oxygens (including phenoxy) is 2. The van der Waals surface area contributed by atoms with E-state index in [9.17, 15) is 14.4 Å². The predicted octanol–water partition coefficient (Wildman–Crippen LogP) is 6.37. The summed E-state index contributed by atoms with van der Waals surface area (Å²) in [4.78, 5) is 55.0. The van der Waals surface area contributed by atoms with E-state index in [0.717, 1.165) is 47.0 Å². The second kappa shape index (κ2) is 13.2. The van der Waals surface area contributed by atoms with Crippen molar-refractivity contribution in [2.75, 3.05) is 7.11 Å². The van der Waals surface area contributed by atoms with E-state index < -0.39 is 5.60 Å². The van der Waals surface area contributed by atoms with Crippen LogP contribution in [0, 0.1) is 5.92 Å². The number of H-pyrrole nitrogens is 1. The topological polar surface area (TPSA) is 136 Å². The number of benzene rings is 1.